The van der Waals surface area contributed by atoms with Crippen molar-refractivity contribution in [3.63, 3.8) is 0 Å². The van der Waals surface area contributed by atoms with Crippen molar-refractivity contribution < 1.29 is 5.11 Å². The van der Waals surface area contributed by atoms with E-state index in [2.05, 4.69) is 66.7 Å². The number of nitrogens with zero attached hydrogens (tertiary/aromatic N) is 4. The molecule has 0 aromatic carbocycles. The van der Waals surface area contributed by atoms with Crippen molar-refractivity contribution in [1.29, 1.82) is 0 Å². The summed E-state index contributed by atoms with van der Waals surface area (Å²) in [5.74, 6) is 1.04. The molecule has 3 aliphatic rings. The normalized spacial score (nSPS) is 25.4. The molecule has 0 spiro atoms. The Morgan fingerprint density at radius 2 is 1.47 bits per heavy atom. The van der Waals surface area contributed by atoms with Gasteiger partial charge >= 0.3 is 23.1 Å². The quantitative estimate of drug-likeness (QED) is 0.533. The van der Waals surface area contributed by atoms with E-state index in [1.807, 2.05) is 0 Å². The number of aromatic nitrogens is 3. The van der Waals surface area contributed by atoms with E-state index in [1.54, 1.807) is 0 Å². The fourth-order valence-electron chi connectivity index (χ4n) is 6.09. The zero-order valence-corrected chi connectivity index (χ0v) is 23.7. The molecule has 5 nitrogen and oxygen atoms in total. The average molecular weight is 489 g/mol. The van der Waals surface area contributed by atoms with Gasteiger partial charge in [-0.05, 0) is 51.2 Å². The molecule has 0 radical (unpaired) electrons. The topological polar surface area (TPSA) is 76.6 Å². The van der Waals surface area contributed by atoms with Crippen molar-refractivity contribution in [2.45, 2.75) is 67.3 Å². The number of hydrogen-bond donors (Lipinski definition) is 1. The van der Waals surface area contributed by atoms with Gasteiger partial charge in [0.25, 0.3) is 0 Å². The van der Waals surface area contributed by atoms with Gasteiger partial charge in [0.2, 0.25) is 0 Å². The van der Waals surface area contributed by atoms with Crippen molar-refractivity contribution in [2.75, 3.05) is 0 Å². The second kappa shape index (κ2) is 8.77. The van der Waals surface area contributed by atoms with Crippen molar-refractivity contribution in [2.24, 2.45) is 11.8 Å². The first-order valence-electron chi connectivity index (χ1n) is 12.7. The van der Waals surface area contributed by atoms with E-state index in [-0.39, 0.29) is 29.1 Å². The molecule has 1 saturated heterocycles. The van der Waals surface area contributed by atoms with Gasteiger partial charge in [-0.2, -0.15) is 5.70 Å². The smallest absolute Gasteiger partial charge is 0.681 e. The summed E-state index contributed by atoms with van der Waals surface area (Å²) in [6.45, 7) is 15.2. The Labute approximate surface area is 228 Å². The number of hydrogen-bond acceptors (Lipinski definition) is 1. The maximum absolute atomic E-state index is 11.0. The average Bonchev–Trinajstić information content (AvgIpc) is 3.55. The van der Waals surface area contributed by atoms with Crippen LogP contribution in [0.1, 0.15) is 72.1 Å². The summed E-state index contributed by atoms with van der Waals surface area (Å²) in [7, 11) is 0. The van der Waals surface area contributed by atoms with E-state index in [0.717, 1.165) is 61.6 Å². The Kier molecular flexibility index (Phi) is 6.11. The van der Waals surface area contributed by atoms with E-state index in [1.165, 1.54) is 22.3 Å². The van der Waals surface area contributed by atoms with Crippen LogP contribution in [-0.4, -0.2) is 34.2 Å². The molecule has 1 unspecified atom stereocenters. The van der Waals surface area contributed by atoms with Gasteiger partial charge in [-0.15, -0.1) is 33.1 Å². The molecule has 1 N–H and O–H groups in total. The second-order valence-electron chi connectivity index (χ2n) is 10.5. The van der Waals surface area contributed by atoms with Crippen LogP contribution in [0.5, 0.6) is 0 Å². The van der Waals surface area contributed by atoms with Crippen molar-refractivity contribution in [3.8, 4) is 0 Å². The van der Waals surface area contributed by atoms with Crippen LogP contribution in [0.15, 0.2) is 5.70 Å². The maximum Gasteiger partial charge on any atom is 2.00 e. The van der Waals surface area contributed by atoms with Gasteiger partial charge in [0, 0.05) is 6.42 Å². The molecule has 3 atom stereocenters. The van der Waals surface area contributed by atoms with Crippen molar-refractivity contribution >= 4 is 52.6 Å². The van der Waals surface area contributed by atoms with Crippen LogP contribution in [0.25, 0.3) is 34.9 Å². The Balaban J connectivity index is 0.00000267. The van der Waals surface area contributed by atoms with E-state index < -0.39 is 0 Å². The van der Waals surface area contributed by atoms with Gasteiger partial charge in [-0.3, -0.25) is 0 Å². The largest absolute Gasteiger partial charge is 2.00 e. The van der Waals surface area contributed by atoms with Gasteiger partial charge in [-0.25, -0.2) is 0 Å². The van der Waals surface area contributed by atoms with Gasteiger partial charge in [-0.1, -0.05) is 78.4 Å². The summed E-state index contributed by atoms with van der Waals surface area (Å²) in [5, 5.41) is 19.9. The molecule has 3 aromatic heterocycles. The predicted molar refractivity (Wildman–Crippen MR) is 147 cm³/mol. The number of aliphatic hydroxyl groups is 1. The predicted octanol–water partition coefficient (Wildman–Crippen LogP) is 2.23. The van der Waals surface area contributed by atoms with E-state index in [0.29, 0.717) is 24.0 Å². The first-order valence-corrected chi connectivity index (χ1v) is 12.7. The Morgan fingerprint density at radius 3 is 2.17 bits per heavy atom. The minimum Gasteiger partial charge on any atom is -0.681 e. The molecule has 1 fully saturated rings. The molecule has 6 heteroatoms. The number of rotatable bonds is 1. The van der Waals surface area contributed by atoms with Crippen LogP contribution in [0.2, 0.25) is 0 Å². The summed E-state index contributed by atoms with van der Waals surface area (Å²) in [5.41, 5.74) is 10.9. The van der Waals surface area contributed by atoms with E-state index in [4.69, 9.17) is 20.3 Å². The molecule has 1 aliphatic carbocycles. The summed E-state index contributed by atoms with van der Waals surface area (Å²) >= 11 is 0. The summed E-state index contributed by atoms with van der Waals surface area (Å²) in [4.78, 5) is 15.1. The molecular formula is C30H32MgN4O-2. The van der Waals surface area contributed by atoms with Crippen LogP contribution >= 0.6 is 0 Å². The van der Waals surface area contributed by atoms with Gasteiger partial charge in [0.1, 0.15) is 5.76 Å². The minimum atomic E-state index is 0. The molecule has 182 valence electrons. The zero-order valence-electron chi connectivity index (χ0n) is 22.3. The van der Waals surface area contributed by atoms with Crippen LogP contribution in [-0.2, 0) is 6.42 Å². The zero-order chi connectivity index (χ0) is 24.8. The molecule has 6 rings (SSSR count). The molecule has 0 saturated carbocycles. The number of aliphatic hydroxyl groups excluding tert-OH is 1. The summed E-state index contributed by atoms with van der Waals surface area (Å²) < 4.78 is 0. The molecule has 3 aromatic rings. The van der Waals surface area contributed by atoms with Crippen LogP contribution in [0.4, 0.5) is 0 Å². The molecular weight excluding hydrogens is 457 g/mol. The molecule has 36 heavy (non-hydrogen) atoms. The van der Waals surface area contributed by atoms with Crippen molar-refractivity contribution in [3.05, 3.63) is 77.2 Å². The molecule has 5 heterocycles. The standard InChI is InChI=1S/C30H32N4O.Mg/c1-8-19-17(6)24-11-22-14(3)13(2)21(31-22)10-23-15(4)16(5)29(33-23)20-9-27(35)28-18(7)25(34-30(20)28)12-26(19)32-24;/h10-12,15-16,29,35H,8-9H2,1-7H3;/q-4;+2/b23-10-,24-11-,26-12-;/t15-,16-,29?;/m0./s1. The monoisotopic (exact) mass is 488 g/mol. The van der Waals surface area contributed by atoms with Gasteiger partial charge in [0.15, 0.2) is 0 Å². The number of fused-ring (bicyclic) bond motifs is 8. The molecule has 2 aliphatic heterocycles. The molecule has 8 bridgehead atoms. The van der Waals surface area contributed by atoms with Crippen molar-refractivity contribution in [1.82, 2.24) is 15.0 Å². The Hall–Kier alpha value is -2.57. The van der Waals surface area contributed by atoms with Gasteiger partial charge in [0.05, 0.1) is 0 Å². The molecule has 0 amide bonds. The Morgan fingerprint density at radius 1 is 0.833 bits per heavy atom. The van der Waals surface area contributed by atoms with Gasteiger partial charge < -0.3 is 25.4 Å². The first-order chi connectivity index (χ1) is 16.7. The SMILES string of the molecule is CCc1c(C)/c2[n-]/c1=C\c1[n-]c3c(c1C)=C(O)CC=3C1[N-]/C(=C\c3[n-]c(c(C)c3C)\C=2)[C@@H](C)[C@@H]1C.[Mg+2]. The summed E-state index contributed by atoms with van der Waals surface area (Å²) in [6, 6.07) is 0.00852. The fraction of sp³-hybridized carbons (Fsp3) is 0.400. The van der Waals surface area contributed by atoms with Crippen LogP contribution in [0, 0.1) is 39.5 Å². The van der Waals surface area contributed by atoms with Crippen LogP contribution < -0.4 is 36.2 Å². The first kappa shape index (κ1) is 25.1. The van der Waals surface area contributed by atoms with Crippen LogP contribution in [0.3, 0.4) is 0 Å². The Bertz CT molecular complexity index is 1680. The van der Waals surface area contributed by atoms with E-state index in [9.17, 15) is 5.11 Å². The summed E-state index contributed by atoms with van der Waals surface area (Å²) in [6.07, 6.45) is 7.82. The number of allylic oxidation sites excluding steroid dienone is 1. The maximum atomic E-state index is 11.0. The fourth-order valence-corrected chi connectivity index (χ4v) is 6.09. The third-order valence-electron chi connectivity index (χ3n) is 8.72. The third-order valence-corrected chi connectivity index (χ3v) is 8.72. The minimum absolute atomic E-state index is 0. The second-order valence-corrected chi connectivity index (χ2v) is 10.5. The third kappa shape index (κ3) is 3.48. The van der Waals surface area contributed by atoms with E-state index >= 15 is 0 Å².